The van der Waals surface area contributed by atoms with Crippen LogP contribution in [0, 0.1) is 0 Å². The number of imidazole rings is 1. The molecule has 6 rings (SSSR count). The van der Waals surface area contributed by atoms with Crippen molar-refractivity contribution in [2.24, 2.45) is 0 Å². The summed E-state index contributed by atoms with van der Waals surface area (Å²) in [5.41, 5.74) is 0.524. The largest absolute Gasteiger partial charge is 0.435 e. The van der Waals surface area contributed by atoms with E-state index in [2.05, 4.69) is 30.2 Å². The zero-order chi connectivity index (χ0) is 23.6. The van der Waals surface area contributed by atoms with Gasteiger partial charge in [0.2, 0.25) is 0 Å². The predicted molar refractivity (Wildman–Crippen MR) is 114 cm³/mol. The first-order chi connectivity index (χ1) is 16.3. The van der Waals surface area contributed by atoms with Gasteiger partial charge in [-0.05, 0) is 18.6 Å². The summed E-state index contributed by atoms with van der Waals surface area (Å²) in [6.07, 6.45) is 0.203. The SMILES string of the molecule is CN1CCCn2cc(c(C(F)(F)F)n2)-c2[nH]nc3ncc(nc23)-c2c(nc3ccccn23)C1=O. The second-order valence-electron chi connectivity index (χ2n) is 8.00. The highest BCUT2D eigenvalue weighted by atomic mass is 19.4. The fourth-order valence-electron chi connectivity index (χ4n) is 4.17. The van der Waals surface area contributed by atoms with E-state index >= 15 is 0 Å². The van der Waals surface area contributed by atoms with E-state index in [1.807, 2.05) is 0 Å². The van der Waals surface area contributed by atoms with Crippen LogP contribution in [0.5, 0.6) is 0 Å². The summed E-state index contributed by atoms with van der Waals surface area (Å²) in [5, 5.41) is 10.4. The molecule has 5 aromatic rings. The number of carbonyl (C=O) groups is 1. The molecular weight excluding hydrogens is 451 g/mol. The molecule has 0 fully saturated rings. The van der Waals surface area contributed by atoms with Crippen LogP contribution in [-0.2, 0) is 12.7 Å². The molecule has 0 aromatic carbocycles. The maximum absolute atomic E-state index is 13.8. The van der Waals surface area contributed by atoms with E-state index in [1.54, 1.807) is 35.8 Å². The molecule has 10 nitrogen and oxygen atoms in total. The number of pyridine rings is 1. The number of hydrogen-bond donors (Lipinski definition) is 1. The average Bonchev–Trinajstić information content (AvgIpc) is 3.51. The Bertz CT molecular complexity index is 1580. The Labute approximate surface area is 189 Å². The van der Waals surface area contributed by atoms with Crippen molar-refractivity contribution in [2.45, 2.75) is 19.1 Å². The third kappa shape index (κ3) is 3.03. The standard InChI is InChI=1S/C21H16F3N9O/c1-31-6-4-7-32-10-11(18(30-32)21(22,23)24)14-15-19(29-28-14)25-9-12(26-15)17-16(20(31)34)27-13-5-2-3-8-33(13)17/h2-3,5,8-10H,4,6-7H2,1H3,(H,25,28,29). The second kappa shape index (κ2) is 7.10. The maximum Gasteiger partial charge on any atom is 0.435 e. The van der Waals surface area contributed by atoms with Gasteiger partial charge >= 0.3 is 6.18 Å². The van der Waals surface area contributed by atoms with Crippen LogP contribution in [-0.4, -0.2) is 63.7 Å². The quantitative estimate of drug-likeness (QED) is 0.375. The smallest absolute Gasteiger partial charge is 0.340 e. The highest BCUT2D eigenvalue weighted by Gasteiger charge is 2.39. The molecule has 0 aliphatic carbocycles. The molecule has 0 spiro atoms. The molecule has 1 N–H and O–H groups in total. The highest BCUT2D eigenvalue weighted by Crippen LogP contribution is 2.38. The number of H-pyrrole nitrogens is 1. The third-order valence-corrected chi connectivity index (χ3v) is 5.77. The molecule has 0 saturated carbocycles. The van der Waals surface area contributed by atoms with Gasteiger partial charge in [0.05, 0.1) is 17.5 Å². The molecule has 172 valence electrons. The van der Waals surface area contributed by atoms with Gasteiger partial charge in [-0.1, -0.05) is 6.07 Å². The van der Waals surface area contributed by atoms with Gasteiger partial charge in [0.25, 0.3) is 5.91 Å². The van der Waals surface area contributed by atoms with Gasteiger partial charge in [0.1, 0.15) is 22.6 Å². The molecule has 13 heteroatoms. The summed E-state index contributed by atoms with van der Waals surface area (Å²) in [4.78, 5) is 28.2. The van der Waals surface area contributed by atoms with Crippen LogP contribution in [0.3, 0.4) is 0 Å². The van der Waals surface area contributed by atoms with Gasteiger partial charge in [-0.25, -0.2) is 15.0 Å². The van der Waals surface area contributed by atoms with E-state index in [4.69, 9.17) is 0 Å². The number of nitrogens with zero attached hydrogens (tertiary/aromatic N) is 8. The Balaban J connectivity index is 1.67. The Morgan fingerprint density at radius 2 is 2.00 bits per heavy atom. The van der Waals surface area contributed by atoms with Crippen molar-refractivity contribution in [3.8, 4) is 22.6 Å². The molecule has 1 aliphatic rings. The summed E-state index contributed by atoms with van der Waals surface area (Å²) >= 11 is 0. The van der Waals surface area contributed by atoms with Gasteiger partial charge in [-0.15, -0.1) is 0 Å². The van der Waals surface area contributed by atoms with E-state index in [0.717, 1.165) is 0 Å². The van der Waals surface area contributed by atoms with Gasteiger partial charge in [0, 0.05) is 32.5 Å². The van der Waals surface area contributed by atoms with E-state index in [-0.39, 0.29) is 46.3 Å². The number of aromatic amines is 1. The van der Waals surface area contributed by atoms with Gasteiger partial charge < -0.3 is 4.90 Å². The van der Waals surface area contributed by atoms with Crippen molar-refractivity contribution >= 4 is 22.7 Å². The number of halogens is 3. The van der Waals surface area contributed by atoms with Crippen molar-refractivity contribution in [3.63, 3.8) is 0 Å². The molecule has 0 atom stereocenters. The van der Waals surface area contributed by atoms with Gasteiger partial charge in [0.15, 0.2) is 17.0 Å². The van der Waals surface area contributed by atoms with Crippen molar-refractivity contribution in [1.29, 1.82) is 0 Å². The zero-order valence-corrected chi connectivity index (χ0v) is 17.7. The zero-order valence-electron chi connectivity index (χ0n) is 17.7. The molecule has 1 amide bonds. The minimum absolute atomic E-state index is 0.0544. The number of aromatic nitrogens is 8. The Hall–Kier alpha value is -4.29. The number of nitrogens with one attached hydrogen (secondary N) is 1. The minimum atomic E-state index is -4.68. The predicted octanol–water partition coefficient (Wildman–Crippen LogP) is 3.03. The van der Waals surface area contributed by atoms with E-state index in [0.29, 0.717) is 24.3 Å². The lowest BCUT2D eigenvalue weighted by Crippen LogP contribution is -2.29. The number of hydrogen-bond acceptors (Lipinski definition) is 6. The number of fused-ring (bicyclic) bond motifs is 8. The summed E-state index contributed by atoms with van der Waals surface area (Å²) in [7, 11) is 1.63. The van der Waals surface area contributed by atoms with E-state index in [1.165, 1.54) is 22.0 Å². The average molecular weight is 467 g/mol. The van der Waals surface area contributed by atoms with Gasteiger partial charge in [-0.3, -0.25) is 19.0 Å². The number of aryl methyl sites for hydroxylation is 1. The van der Waals surface area contributed by atoms with Crippen molar-refractivity contribution in [2.75, 3.05) is 13.6 Å². The second-order valence-corrected chi connectivity index (χ2v) is 8.00. The lowest BCUT2D eigenvalue weighted by atomic mass is 10.1. The minimum Gasteiger partial charge on any atom is -0.340 e. The lowest BCUT2D eigenvalue weighted by Gasteiger charge is -2.17. The van der Waals surface area contributed by atoms with E-state index < -0.39 is 11.9 Å². The molecule has 6 heterocycles. The van der Waals surface area contributed by atoms with Crippen molar-refractivity contribution in [3.05, 3.63) is 48.2 Å². The summed E-state index contributed by atoms with van der Waals surface area (Å²) in [6.45, 7) is 0.477. The van der Waals surface area contributed by atoms with Crippen LogP contribution in [0.2, 0.25) is 0 Å². The molecule has 0 radical (unpaired) electrons. The lowest BCUT2D eigenvalue weighted by molar-refractivity contribution is -0.141. The molecule has 0 unspecified atom stereocenters. The first kappa shape index (κ1) is 20.3. The van der Waals surface area contributed by atoms with E-state index in [9.17, 15) is 18.0 Å². The number of amides is 1. The number of alkyl halides is 3. The summed E-state index contributed by atoms with van der Waals surface area (Å²) < 4.78 is 44.4. The first-order valence-electron chi connectivity index (χ1n) is 10.4. The van der Waals surface area contributed by atoms with Crippen LogP contribution in [0.15, 0.2) is 36.8 Å². The maximum atomic E-state index is 13.8. The topological polar surface area (TPSA) is 110 Å². The molecule has 0 saturated heterocycles. The van der Waals surface area contributed by atoms with Gasteiger partial charge in [-0.2, -0.15) is 23.4 Å². The fourth-order valence-corrected chi connectivity index (χ4v) is 4.17. The van der Waals surface area contributed by atoms with Crippen LogP contribution < -0.4 is 0 Å². The summed E-state index contributed by atoms with van der Waals surface area (Å²) in [5.74, 6) is -0.331. The van der Waals surface area contributed by atoms with Crippen LogP contribution in [0.4, 0.5) is 13.2 Å². The number of rotatable bonds is 0. The first-order valence-corrected chi connectivity index (χ1v) is 10.4. The molecule has 34 heavy (non-hydrogen) atoms. The van der Waals surface area contributed by atoms with Crippen molar-refractivity contribution in [1.82, 2.24) is 44.2 Å². The molecule has 1 aliphatic heterocycles. The molecule has 4 bridgehead atoms. The Morgan fingerprint density at radius 1 is 1.15 bits per heavy atom. The normalized spacial score (nSPS) is 14.7. The number of carbonyl (C=O) groups excluding carboxylic acids is 1. The van der Waals surface area contributed by atoms with Crippen LogP contribution in [0.1, 0.15) is 22.6 Å². The summed E-state index contributed by atoms with van der Waals surface area (Å²) in [6, 6.07) is 5.34. The Morgan fingerprint density at radius 3 is 2.82 bits per heavy atom. The third-order valence-electron chi connectivity index (χ3n) is 5.77. The fraction of sp³-hybridized carbons (Fsp3) is 0.238. The van der Waals surface area contributed by atoms with Crippen LogP contribution in [0.25, 0.3) is 39.5 Å². The van der Waals surface area contributed by atoms with Crippen molar-refractivity contribution < 1.29 is 18.0 Å². The monoisotopic (exact) mass is 467 g/mol. The van der Waals surface area contributed by atoms with Crippen LogP contribution >= 0.6 is 0 Å². The highest BCUT2D eigenvalue weighted by molar-refractivity contribution is 5.99. The Kier molecular flexibility index (Phi) is 4.25. The molecule has 5 aromatic heterocycles. The molecular formula is C21H16F3N9O.